The van der Waals surface area contributed by atoms with E-state index >= 15 is 0 Å². The molecule has 10 heteroatoms. The van der Waals surface area contributed by atoms with Gasteiger partial charge in [-0.15, -0.1) is 0 Å². The van der Waals surface area contributed by atoms with Crippen molar-refractivity contribution in [3.63, 3.8) is 0 Å². The van der Waals surface area contributed by atoms with Crippen molar-refractivity contribution in [2.24, 2.45) is 0 Å². The summed E-state index contributed by atoms with van der Waals surface area (Å²) < 4.78 is 25.1. The second-order valence-corrected chi connectivity index (χ2v) is 16.4. The first kappa shape index (κ1) is 39.2. The summed E-state index contributed by atoms with van der Waals surface area (Å²) in [5.41, 5.74) is 10.5. The molecule has 9 rings (SSSR count). The molecule has 5 aromatic carbocycles. The lowest BCUT2D eigenvalue weighted by atomic mass is 9.98. The average Bonchev–Trinajstić information content (AvgIpc) is 3.76. The Hall–Kier alpha value is -6.29. The maximum absolute atomic E-state index is 14.0. The number of methoxy groups -OCH3 is 1. The molecule has 1 N–H and O–H groups in total. The summed E-state index contributed by atoms with van der Waals surface area (Å²) in [6.07, 6.45) is 6.93. The molecule has 0 fully saturated rings. The Balaban J connectivity index is 0.933. The normalized spacial score (nSPS) is 17.3. The number of hydrogen-bond donors (Lipinski definition) is 1. The summed E-state index contributed by atoms with van der Waals surface area (Å²) in [5, 5.41) is 2.67. The minimum Gasteiger partial charge on any atom is -0.494 e. The number of carbonyl (C=O) groups is 3. The van der Waals surface area contributed by atoms with Gasteiger partial charge in [-0.2, -0.15) is 0 Å². The van der Waals surface area contributed by atoms with E-state index in [4.69, 9.17) is 18.9 Å². The highest BCUT2D eigenvalue weighted by molar-refractivity contribution is 6.10. The van der Waals surface area contributed by atoms with Crippen molar-refractivity contribution in [2.45, 2.75) is 90.0 Å². The minimum absolute atomic E-state index is 0.00505. The fourth-order valence-electron chi connectivity index (χ4n) is 9.41. The molecule has 4 heterocycles. The third-order valence-electron chi connectivity index (χ3n) is 12.5. The number of anilines is 2. The van der Waals surface area contributed by atoms with Gasteiger partial charge in [-0.05, 0) is 152 Å². The summed E-state index contributed by atoms with van der Waals surface area (Å²) in [4.78, 5) is 43.7. The van der Waals surface area contributed by atoms with Crippen molar-refractivity contribution in [1.82, 2.24) is 5.32 Å². The Bertz CT molecular complexity index is 2480. The number of ether oxygens (including phenoxy) is 4. The zero-order valence-electron chi connectivity index (χ0n) is 34.6. The standard InChI is InChI=1S/C50H51N3O7/c1-31-20-41-34(15-17-38-24-36-10-4-6-12-43(36)52(38)49(41)55)26-45(31)59-29-32-21-33(23-40(22-32)58-19-9-8-14-48(54)51-2)30-60-47-27-35-16-18-39-25-37-11-5-7-13-44(37)53(39)50(56)42(35)28-46(47)57-3/h4-7,10-13,20-23,26-28,38-39H,8-9,14-19,24-25,29-30H2,1-3H3,(H,51,54)/t38-,39-/m1/s1. The molecule has 0 saturated carbocycles. The molecular formula is C50H51N3O7. The molecule has 0 bridgehead atoms. The number of benzene rings is 5. The van der Waals surface area contributed by atoms with Gasteiger partial charge in [-0.3, -0.25) is 14.4 Å². The maximum Gasteiger partial charge on any atom is 0.258 e. The molecule has 0 aliphatic carbocycles. The lowest BCUT2D eigenvalue weighted by molar-refractivity contribution is -0.120. The first-order chi connectivity index (χ1) is 29.3. The number of rotatable bonds is 13. The Morgan fingerprint density at radius 2 is 1.23 bits per heavy atom. The predicted molar refractivity (Wildman–Crippen MR) is 231 cm³/mol. The van der Waals surface area contributed by atoms with Gasteiger partial charge in [0.05, 0.1) is 13.7 Å². The van der Waals surface area contributed by atoms with Crippen molar-refractivity contribution >= 4 is 29.1 Å². The molecule has 0 spiro atoms. The molecule has 0 saturated heterocycles. The number of amides is 3. The molecule has 3 amide bonds. The van der Waals surface area contributed by atoms with Crippen molar-refractivity contribution < 1.29 is 33.3 Å². The molecule has 10 nitrogen and oxygen atoms in total. The SMILES string of the molecule is CNC(=O)CCCCOc1cc(COc2cc3c(cc2C)C(=O)N2c4ccccc4C[C@H]2CC3)cc(COc2cc3c(cc2OC)C(=O)N2c4ccccc4C[C@H]2CC3)c1. The Morgan fingerprint density at radius 1 is 0.667 bits per heavy atom. The number of nitrogens with zero attached hydrogens (tertiary/aromatic N) is 2. The van der Waals surface area contributed by atoms with Gasteiger partial charge in [0, 0.05) is 48.1 Å². The Kier molecular flexibility index (Phi) is 10.9. The number of nitrogens with one attached hydrogen (secondary N) is 1. The third-order valence-corrected chi connectivity index (χ3v) is 12.5. The molecule has 308 valence electrons. The maximum atomic E-state index is 14.0. The molecule has 0 radical (unpaired) electrons. The Morgan fingerprint density at radius 3 is 1.83 bits per heavy atom. The predicted octanol–water partition coefficient (Wildman–Crippen LogP) is 8.49. The summed E-state index contributed by atoms with van der Waals surface area (Å²) in [6, 6.07) is 30.5. The van der Waals surface area contributed by atoms with Crippen molar-refractivity contribution in [3.8, 4) is 23.0 Å². The van der Waals surface area contributed by atoms with E-state index < -0.39 is 0 Å². The van der Waals surface area contributed by atoms with Gasteiger partial charge in [0.15, 0.2) is 11.5 Å². The quantitative estimate of drug-likeness (QED) is 0.119. The number of unbranched alkanes of at least 4 members (excludes halogenated alkanes) is 1. The van der Waals surface area contributed by atoms with E-state index in [0.717, 1.165) is 102 Å². The van der Waals surface area contributed by atoms with E-state index in [1.807, 2.05) is 83.5 Å². The number of aryl methyl sites for hydroxylation is 3. The van der Waals surface area contributed by atoms with Crippen LogP contribution in [0, 0.1) is 6.92 Å². The van der Waals surface area contributed by atoms with Crippen molar-refractivity contribution in [2.75, 3.05) is 30.6 Å². The van der Waals surface area contributed by atoms with Crippen LogP contribution in [0.1, 0.15) is 91.8 Å². The van der Waals surface area contributed by atoms with Gasteiger partial charge in [0.1, 0.15) is 24.7 Å². The molecule has 0 unspecified atom stereocenters. The van der Waals surface area contributed by atoms with Crippen LogP contribution in [0.4, 0.5) is 11.4 Å². The molecule has 5 aromatic rings. The molecule has 2 atom stereocenters. The summed E-state index contributed by atoms with van der Waals surface area (Å²) in [6.45, 7) is 2.96. The zero-order chi connectivity index (χ0) is 41.3. The van der Waals surface area contributed by atoms with Gasteiger partial charge in [0.25, 0.3) is 11.8 Å². The van der Waals surface area contributed by atoms with E-state index in [2.05, 4.69) is 29.6 Å². The highest BCUT2D eigenvalue weighted by Crippen LogP contribution is 2.42. The fraction of sp³-hybridized carbons (Fsp3) is 0.340. The molecular weight excluding hydrogens is 755 g/mol. The van der Waals surface area contributed by atoms with Crippen LogP contribution in [0.3, 0.4) is 0 Å². The molecule has 4 aliphatic rings. The van der Waals surface area contributed by atoms with Gasteiger partial charge < -0.3 is 34.1 Å². The van der Waals surface area contributed by atoms with Gasteiger partial charge in [0.2, 0.25) is 5.91 Å². The van der Waals surface area contributed by atoms with Crippen molar-refractivity contribution in [1.29, 1.82) is 0 Å². The van der Waals surface area contributed by atoms with Crippen LogP contribution in [-0.4, -0.2) is 50.6 Å². The van der Waals surface area contributed by atoms with Gasteiger partial charge in [-0.1, -0.05) is 36.4 Å². The van der Waals surface area contributed by atoms with Crippen LogP contribution in [0.5, 0.6) is 23.0 Å². The van der Waals surface area contributed by atoms with Crippen LogP contribution in [0.2, 0.25) is 0 Å². The molecule has 0 aromatic heterocycles. The number of fused-ring (bicyclic) bond motifs is 8. The third kappa shape index (κ3) is 7.67. The molecule has 60 heavy (non-hydrogen) atoms. The summed E-state index contributed by atoms with van der Waals surface area (Å²) in [5.74, 6) is 2.57. The summed E-state index contributed by atoms with van der Waals surface area (Å²) >= 11 is 0. The largest absolute Gasteiger partial charge is 0.494 e. The van der Waals surface area contributed by atoms with E-state index in [9.17, 15) is 14.4 Å². The van der Waals surface area contributed by atoms with E-state index in [-0.39, 0.29) is 43.0 Å². The minimum atomic E-state index is -0.00505. The van der Waals surface area contributed by atoms with Gasteiger partial charge in [-0.25, -0.2) is 0 Å². The first-order valence-electron chi connectivity index (χ1n) is 21.2. The second kappa shape index (κ2) is 16.8. The lowest BCUT2D eigenvalue weighted by Gasteiger charge is -2.23. The monoisotopic (exact) mass is 805 g/mol. The number of para-hydroxylation sites is 2. The van der Waals surface area contributed by atoms with E-state index in [1.165, 1.54) is 11.1 Å². The van der Waals surface area contributed by atoms with E-state index in [0.29, 0.717) is 35.8 Å². The van der Waals surface area contributed by atoms with Crippen LogP contribution < -0.4 is 34.1 Å². The average molecular weight is 806 g/mol. The fourth-order valence-corrected chi connectivity index (χ4v) is 9.41. The summed E-state index contributed by atoms with van der Waals surface area (Å²) in [7, 11) is 3.24. The lowest BCUT2D eigenvalue weighted by Crippen LogP contribution is -2.36. The van der Waals surface area contributed by atoms with Crippen LogP contribution in [-0.2, 0) is 43.7 Å². The van der Waals surface area contributed by atoms with Crippen LogP contribution in [0.25, 0.3) is 0 Å². The Labute approximate surface area is 351 Å². The van der Waals surface area contributed by atoms with Crippen LogP contribution >= 0.6 is 0 Å². The number of carbonyl (C=O) groups excluding carboxylic acids is 3. The van der Waals surface area contributed by atoms with Crippen molar-refractivity contribution in [3.05, 3.63) is 141 Å². The van der Waals surface area contributed by atoms with Crippen LogP contribution in [0.15, 0.2) is 91.0 Å². The highest BCUT2D eigenvalue weighted by atomic mass is 16.5. The van der Waals surface area contributed by atoms with Gasteiger partial charge >= 0.3 is 0 Å². The smallest absolute Gasteiger partial charge is 0.258 e. The second-order valence-electron chi connectivity index (χ2n) is 16.4. The topological polar surface area (TPSA) is 107 Å². The number of hydrogen-bond acceptors (Lipinski definition) is 7. The highest BCUT2D eigenvalue weighted by Gasteiger charge is 2.39. The molecule has 4 aliphatic heterocycles. The zero-order valence-corrected chi connectivity index (χ0v) is 34.6. The first-order valence-corrected chi connectivity index (χ1v) is 21.2. The van der Waals surface area contributed by atoms with E-state index in [1.54, 1.807) is 14.2 Å².